The fourth-order valence-electron chi connectivity index (χ4n) is 1.41. The maximum Gasteiger partial charge on any atom is 0.223 e. The molecule has 4 heteroatoms. The lowest BCUT2D eigenvalue weighted by Crippen LogP contribution is -2.39. The van der Waals surface area contributed by atoms with Crippen molar-refractivity contribution in [2.24, 2.45) is 0 Å². The summed E-state index contributed by atoms with van der Waals surface area (Å²) in [5.41, 5.74) is 0. The Kier molecular flexibility index (Phi) is 4.18. The van der Waals surface area contributed by atoms with Gasteiger partial charge in [-0.15, -0.1) is 0 Å². The zero-order valence-corrected chi connectivity index (χ0v) is 8.47. The van der Waals surface area contributed by atoms with Gasteiger partial charge in [0.1, 0.15) is 0 Å². The van der Waals surface area contributed by atoms with E-state index in [9.17, 15) is 4.79 Å². The quantitative estimate of drug-likeness (QED) is 0.605. The summed E-state index contributed by atoms with van der Waals surface area (Å²) < 4.78 is 0. The molecule has 0 aromatic heterocycles. The highest BCUT2D eigenvalue weighted by Gasteiger charge is 2.15. The lowest BCUT2D eigenvalue weighted by Gasteiger charge is -2.17. The Hall–Kier alpha value is -0.610. The first-order valence-corrected chi connectivity index (χ1v) is 4.84. The molecule has 1 saturated heterocycles. The Morgan fingerprint density at radius 2 is 2.23 bits per heavy atom. The van der Waals surface area contributed by atoms with Crippen LogP contribution in [0.25, 0.3) is 0 Å². The van der Waals surface area contributed by atoms with E-state index >= 15 is 0 Å². The molecule has 0 spiro atoms. The van der Waals surface area contributed by atoms with Gasteiger partial charge in [0.25, 0.3) is 0 Å². The van der Waals surface area contributed by atoms with E-state index in [1.165, 1.54) is 0 Å². The number of carbonyl (C=O) groups excluding carboxylic acids is 1. The lowest BCUT2D eigenvalue weighted by atomic mass is 10.2. The van der Waals surface area contributed by atoms with Crippen molar-refractivity contribution >= 4 is 5.91 Å². The molecule has 1 atom stereocenters. The van der Waals surface area contributed by atoms with E-state index in [2.05, 4.69) is 10.6 Å². The highest BCUT2D eigenvalue weighted by atomic mass is 16.2. The fraction of sp³-hybridized carbons (Fsp3) is 0.889. The molecule has 1 heterocycles. The van der Waals surface area contributed by atoms with E-state index in [0.717, 1.165) is 26.1 Å². The van der Waals surface area contributed by atoms with Crippen molar-refractivity contribution in [1.82, 2.24) is 15.5 Å². The van der Waals surface area contributed by atoms with Crippen LogP contribution in [0.1, 0.15) is 12.8 Å². The Balaban J connectivity index is 2.29. The van der Waals surface area contributed by atoms with Crippen LogP contribution in [0, 0.1) is 0 Å². The van der Waals surface area contributed by atoms with Crippen LogP contribution < -0.4 is 10.6 Å². The molecule has 2 N–H and O–H groups in total. The Labute approximate surface area is 79.7 Å². The molecule has 1 unspecified atom stereocenters. The molecule has 0 aromatic rings. The average Bonchev–Trinajstić information content (AvgIpc) is 2.32. The molecular weight excluding hydrogens is 166 g/mol. The Bertz CT molecular complexity index is 162. The monoisotopic (exact) mass is 185 g/mol. The van der Waals surface area contributed by atoms with Gasteiger partial charge in [-0.25, -0.2) is 0 Å². The number of nitrogens with one attached hydrogen (secondary N) is 2. The minimum Gasteiger partial charge on any atom is -0.349 e. The maximum absolute atomic E-state index is 11.4. The summed E-state index contributed by atoms with van der Waals surface area (Å²) in [6, 6.07) is 0.303. The number of amides is 1. The number of hydrogen-bond donors (Lipinski definition) is 2. The third-order valence-corrected chi connectivity index (χ3v) is 2.27. The normalized spacial score (nSPS) is 23.7. The summed E-state index contributed by atoms with van der Waals surface area (Å²) in [6.07, 6.45) is 1.74. The number of hydrogen-bond acceptors (Lipinski definition) is 3. The Morgan fingerprint density at radius 3 is 2.92 bits per heavy atom. The molecule has 1 amide bonds. The minimum atomic E-state index is 0.196. The van der Waals surface area contributed by atoms with Gasteiger partial charge in [-0.1, -0.05) is 0 Å². The predicted molar refractivity (Wildman–Crippen MR) is 52.6 cm³/mol. The van der Waals surface area contributed by atoms with Crippen molar-refractivity contribution in [3.63, 3.8) is 0 Å². The second-order valence-electron chi connectivity index (χ2n) is 3.70. The van der Waals surface area contributed by atoms with Crippen LogP contribution in [0.2, 0.25) is 0 Å². The molecule has 1 aliphatic heterocycles. The van der Waals surface area contributed by atoms with Gasteiger partial charge in [-0.3, -0.25) is 4.79 Å². The van der Waals surface area contributed by atoms with Gasteiger partial charge in [0, 0.05) is 33.1 Å². The molecule has 76 valence electrons. The predicted octanol–water partition coefficient (Wildman–Crippen LogP) is -0.584. The van der Waals surface area contributed by atoms with Crippen molar-refractivity contribution in [1.29, 1.82) is 0 Å². The highest BCUT2D eigenvalue weighted by molar-refractivity contribution is 5.76. The smallest absolute Gasteiger partial charge is 0.223 e. The van der Waals surface area contributed by atoms with Crippen molar-refractivity contribution in [3.8, 4) is 0 Å². The molecule has 13 heavy (non-hydrogen) atoms. The average molecular weight is 185 g/mol. The molecule has 0 radical (unpaired) electrons. The topological polar surface area (TPSA) is 44.4 Å². The van der Waals surface area contributed by atoms with Crippen LogP contribution in [0.5, 0.6) is 0 Å². The van der Waals surface area contributed by atoms with Crippen molar-refractivity contribution in [2.75, 3.05) is 33.7 Å². The van der Waals surface area contributed by atoms with Gasteiger partial charge in [-0.05, 0) is 19.5 Å². The van der Waals surface area contributed by atoms with Gasteiger partial charge in [0.2, 0.25) is 5.91 Å². The van der Waals surface area contributed by atoms with E-state index in [-0.39, 0.29) is 5.91 Å². The highest BCUT2D eigenvalue weighted by Crippen LogP contribution is 1.97. The van der Waals surface area contributed by atoms with Crippen LogP contribution in [0.4, 0.5) is 0 Å². The van der Waals surface area contributed by atoms with Gasteiger partial charge < -0.3 is 15.5 Å². The van der Waals surface area contributed by atoms with Gasteiger partial charge in [0.15, 0.2) is 0 Å². The molecule has 0 saturated carbocycles. The summed E-state index contributed by atoms with van der Waals surface area (Å²) in [7, 11) is 3.60. The van der Waals surface area contributed by atoms with Crippen LogP contribution in [-0.4, -0.2) is 50.6 Å². The van der Waals surface area contributed by atoms with Crippen molar-refractivity contribution < 1.29 is 4.79 Å². The second kappa shape index (κ2) is 5.19. The third-order valence-electron chi connectivity index (χ3n) is 2.27. The molecule has 4 nitrogen and oxygen atoms in total. The van der Waals surface area contributed by atoms with Gasteiger partial charge in [0.05, 0.1) is 0 Å². The van der Waals surface area contributed by atoms with E-state index in [4.69, 9.17) is 0 Å². The van der Waals surface area contributed by atoms with Gasteiger partial charge in [-0.2, -0.15) is 0 Å². The number of carbonyl (C=O) groups is 1. The SMILES string of the molecule is CN(C)C(=O)CC1CNCCCN1. The second-order valence-corrected chi connectivity index (χ2v) is 3.70. The Morgan fingerprint density at radius 1 is 1.46 bits per heavy atom. The first kappa shape index (κ1) is 10.5. The maximum atomic E-state index is 11.4. The van der Waals surface area contributed by atoms with Crippen LogP contribution in [-0.2, 0) is 4.79 Å². The lowest BCUT2D eigenvalue weighted by molar-refractivity contribution is -0.129. The van der Waals surface area contributed by atoms with E-state index in [1.54, 1.807) is 19.0 Å². The molecular formula is C9H19N3O. The zero-order chi connectivity index (χ0) is 9.68. The molecule has 0 aromatic carbocycles. The van der Waals surface area contributed by atoms with Crippen LogP contribution >= 0.6 is 0 Å². The molecule has 1 aliphatic rings. The zero-order valence-electron chi connectivity index (χ0n) is 8.47. The van der Waals surface area contributed by atoms with Crippen LogP contribution in [0.15, 0.2) is 0 Å². The van der Waals surface area contributed by atoms with Crippen molar-refractivity contribution in [3.05, 3.63) is 0 Å². The van der Waals surface area contributed by atoms with E-state index < -0.39 is 0 Å². The molecule has 0 bridgehead atoms. The first-order valence-electron chi connectivity index (χ1n) is 4.84. The van der Waals surface area contributed by atoms with E-state index in [0.29, 0.717) is 12.5 Å². The molecule has 1 rings (SSSR count). The standard InChI is InChI=1S/C9H19N3O/c1-12(2)9(13)6-8-7-10-4-3-5-11-8/h8,10-11H,3-7H2,1-2H3. The summed E-state index contributed by atoms with van der Waals surface area (Å²) in [5.74, 6) is 0.196. The van der Waals surface area contributed by atoms with Crippen LogP contribution in [0.3, 0.4) is 0 Å². The summed E-state index contributed by atoms with van der Waals surface area (Å²) in [6.45, 7) is 2.97. The fourth-order valence-corrected chi connectivity index (χ4v) is 1.41. The van der Waals surface area contributed by atoms with E-state index in [1.807, 2.05) is 0 Å². The third kappa shape index (κ3) is 3.74. The summed E-state index contributed by atoms with van der Waals surface area (Å²) in [4.78, 5) is 13.0. The van der Waals surface area contributed by atoms with Crippen molar-refractivity contribution in [2.45, 2.75) is 18.9 Å². The largest absolute Gasteiger partial charge is 0.349 e. The number of nitrogens with zero attached hydrogens (tertiary/aromatic N) is 1. The molecule has 1 fully saturated rings. The van der Waals surface area contributed by atoms with Gasteiger partial charge >= 0.3 is 0 Å². The summed E-state index contributed by atoms with van der Waals surface area (Å²) in [5, 5.41) is 6.67. The first-order chi connectivity index (χ1) is 6.20. The summed E-state index contributed by atoms with van der Waals surface area (Å²) >= 11 is 0. The number of rotatable bonds is 2. The minimum absolute atomic E-state index is 0.196. The molecule has 0 aliphatic carbocycles.